The molecule has 0 aromatic carbocycles. The van der Waals surface area contributed by atoms with Crippen LogP contribution in [0.25, 0.3) is 16.3 Å². The highest BCUT2D eigenvalue weighted by molar-refractivity contribution is 7.12. The molecule has 0 unspecified atom stereocenters. The van der Waals surface area contributed by atoms with Gasteiger partial charge in [0.1, 0.15) is 5.69 Å². The topological polar surface area (TPSA) is 121 Å². The van der Waals surface area contributed by atoms with Crippen LogP contribution < -0.4 is 21.2 Å². The summed E-state index contributed by atoms with van der Waals surface area (Å²) in [6.45, 7) is 3.48. The fourth-order valence-corrected chi connectivity index (χ4v) is 4.24. The lowest BCUT2D eigenvalue weighted by atomic mass is 10.2. The van der Waals surface area contributed by atoms with Crippen molar-refractivity contribution < 1.29 is 4.79 Å². The number of thiazole rings is 1. The van der Waals surface area contributed by atoms with E-state index in [0.717, 1.165) is 31.9 Å². The summed E-state index contributed by atoms with van der Waals surface area (Å²) in [5.41, 5.74) is 2.51. The van der Waals surface area contributed by atoms with Crippen LogP contribution in [-0.4, -0.2) is 56.6 Å². The number of aromatic amines is 1. The largest absolute Gasteiger partial charge is 0.367 e. The average molecular weight is 422 g/mol. The maximum atomic E-state index is 12.8. The first-order valence-corrected chi connectivity index (χ1v) is 10.3. The number of pyridine rings is 2. The molecule has 1 amide bonds. The maximum absolute atomic E-state index is 12.8. The van der Waals surface area contributed by atoms with Crippen molar-refractivity contribution in [2.24, 2.45) is 0 Å². The zero-order chi connectivity index (χ0) is 20.5. The number of aromatic nitrogens is 5. The Labute approximate surface area is 174 Å². The van der Waals surface area contributed by atoms with Crippen molar-refractivity contribution in [3.63, 3.8) is 0 Å². The molecule has 1 aliphatic rings. The van der Waals surface area contributed by atoms with Crippen LogP contribution in [0.3, 0.4) is 0 Å². The van der Waals surface area contributed by atoms with Gasteiger partial charge in [-0.25, -0.2) is 19.3 Å². The molecule has 0 atom stereocenters. The molecule has 0 spiro atoms. The molecule has 5 rings (SSSR count). The van der Waals surface area contributed by atoms with Crippen LogP contribution in [0.15, 0.2) is 47.0 Å². The van der Waals surface area contributed by atoms with E-state index >= 15 is 0 Å². The predicted octanol–water partition coefficient (Wildman–Crippen LogP) is 1.23. The second kappa shape index (κ2) is 7.69. The Bertz CT molecular complexity index is 1270. The summed E-state index contributed by atoms with van der Waals surface area (Å²) in [5.74, 6) is -0.359. The molecule has 1 saturated heterocycles. The second-order valence-corrected chi connectivity index (χ2v) is 7.58. The van der Waals surface area contributed by atoms with Crippen molar-refractivity contribution in [1.82, 2.24) is 29.8 Å². The summed E-state index contributed by atoms with van der Waals surface area (Å²) in [5, 5.41) is 8.22. The van der Waals surface area contributed by atoms with Crippen molar-refractivity contribution in [3.8, 4) is 5.13 Å². The van der Waals surface area contributed by atoms with E-state index < -0.39 is 0 Å². The molecule has 4 aromatic heterocycles. The van der Waals surface area contributed by atoms with Crippen LogP contribution in [0.2, 0.25) is 0 Å². The van der Waals surface area contributed by atoms with Gasteiger partial charge in [-0.2, -0.15) is 0 Å². The molecule has 1 fully saturated rings. The Morgan fingerprint density at radius 3 is 2.93 bits per heavy atom. The standard InChI is InChI=1S/C19H18N8O2S/c28-17(23-13-10-21-5-3-15(13)26-8-6-20-7-9-26)14-11-30-19(25-14)27-16-12(24-18(27)29)2-1-4-22-16/h1-5,10-11,20H,6-9H2,(H,23,28)(H,24,29). The number of amides is 1. The normalized spacial score (nSPS) is 14.2. The van der Waals surface area contributed by atoms with Gasteiger partial charge in [0.05, 0.1) is 23.1 Å². The van der Waals surface area contributed by atoms with E-state index in [2.05, 4.69) is 35.5 Å². The SMILES string of the molecule is O=C(Nc1cnccc1N1CCNCC1)c1csc(-n2c(=O)[nH]c3cccnc32)n1. The number of H-pyrrole nitrogens is 1. The first kappa shape index (κ1) is 18.5. The monoisotopic (exact) mass is 422 g/mol. The molecule has 1 aliphatic heterocycles. The van der Waals surface area contributed by atoms with Gasteiger partial charge in [0.25, 0.3) is 5.91 Å². The van der Waals surface area contributed by atoms with Crippen LogP contribution in [0.4, 0.5) is 11.4 Å². The van der Waals surface area contributed by atoms with E-state index in [1.165, 1.54) is 15.9 Å². The van der Waals surface area contributed by atoms with Gasteiger partial charge in [0.15, 0.2) is 10.8 Å². The molecule has 4 aromatic rings. The van der Waals surface area contributed by atoms with Crippen LogP contribution in [-0.2, 0) is 0 Å². The van der Waals surface area contributed by atoms with Gasteiger partial charge in [-0.1, -0.05) is 0 Å². The molecule has 0 bridgehead atoms. The molecule has 0 aliphatic carbocycles. The van der Waals surface area contributed by atoms with Crippen LogP contribution in [0.5, 0.6) is 0 Å². The number of carbonyl (C=O) groups excluding carboxylic acids is 1. The smallest absolute Gasteiger partial charge is 0.334 e. The highest BCUT2D eigenvalue weighted by Gasteiger charge is 2.19. The van der Waals surface area contributed by atoms with Gasteiger partial charge in [-0.15, -0.1) is 11.3 Å². The number of piperazine rings is 1. The number of fused-ring (bicyclic) bond motifs is 1. The Hall–Kier alpha value is -3.57. The molecule has 30 heavy (non-hydrogen) atoms. The van der Waals surface area contributed by atoms with Gasteiger partial charge in [-0.3, -0.25) is 9.78 Å². The summed E-state index contributed by atoms with van der Waals surface area (Å²) in [7, 11) is 0. The van der Waals surface area contributed by atoms with Crippen molar-refractivity contribution in [1.29, 1.82) is 0 Å². The minimum Gasteiger partial charge on any atom is -0.367 e. The van der Waals surface area contributed by atoms with Crippen LogP contribution in [0, 0.1) is 0 Å². The number of hydrogen-bond acceptors (Lipinski definition) is 8. The molecule has 0 radical (unpaired) electrons. The number of anilines is 2. The molecule has 11 heteroatoms. The molecule has 0 saturated carbocycles. The summed E-state index contributed by atoms with van der Waals surface area (Å²) in [6.07, 6.45) is 4.95. The Kier molecular flexibility index (Phi) is 4.73. The Balaban J connectivity index is 1.42. The number of rotatable bonds is 4. The van der Waals surface area contributed by atoms with Gasteiger partial charge >= 0.3 is 5.69 Å². The number of nitrogens with one attached hydrogen (secondary N) is 3. The van der Waals surface area contributed by atoms with Crippen LogP contribution in [0.1, 0.15) is 10.5 Å². The number of carbonyl (C=O) groups is 1. The molecule has 152 valence electrons. The highest BCUT2D eigenvalue weighted by atomic mass is 32.1. The fraction of sp³-hybridized carbons (Fsp3) is 0.211. The zero-order valence-corrected chi connectivity index (χ0v) is 16.6. The predicted molar refractivity (Wildman–Crippen MR) is 115 cm³/mol. The molecular formula is C19H18N8O2S. The quantitative estimate of drug-likeness (QED) is 0.452. The van der Waals surface area contributed by atoms with Gasteiger partial charge < -0.3 is 20.5 Å². The summed E-state index contributed by atoms with van der Waals surface area (Å²) < 4.78 is 1.37. The number of nitrogens with zero attached hydrogens (tertiary/aromatic N) is 5. The average Bonchev–Trinajstić information content (AvgIpc) is 3.38. The lowest BCUT2D eigenvalue weighted by Crippen LogP contribution is -2.43. The summed E-state index contributed by atoms with van der Waals surface area (Å²) in [6, 6.07) is 5.40. The lowest BCUT2D eigenvalue weighted by molar-refractivity contribution is 0.102. The molecule has 10 nitrogen and oxygen atoms in total. The third-order valence-corrected chi connectivity index (χ3v) is 5.69. The fourth-order valence-electron chi connectivity index (χ4n) is 3.44. The van der Waals surface area contributed by atoms with Gasteiger partial charge in [-0.05, 0) is 18.2 Å². The number of imidazole rings is 1. The van der Waals surface area contributed by atoms with E-state index in [0.29, 0.717) is 22.0 Å². The van der Waals surface area contributed by atoms with Crippen molar-refractivity contribution >= 4 is 39.8 Å². The van der Waals surface area contributed by atoms with E-state index in [-0.39, 0.29) is 17.3 Å². The van der Waals surface area contributed by atoms with E-state index in [1.54, 1.807) is 36.1 Å². The number of hydrogen-bond donors (Lipinski definition) is 3. The van der Waals surface area contributed by atoms with Gasteiger partial charge in [0, 0.05) is 44.0 Å². The summed E-state index contributed by atoms with van der Waals surface area (Å²) >= 11 is 1.20. The third kappa shape index (κ3) is 3.33. The highest BCUT2D eigenvalue weighted by Crippen LogP contribution is 2.26. The van der Waals surface area contributed by atoms with Crippen molar-refractivity contribution in [3.05, 3.63) is 58.3 Å². The molecular weight excluding hydrogens is 404 g/mol. The van der Waals surface area contributed by atoms with E-state index in [9.17, 15) is 9.59 Å². The molecule has 5 heterocycles. The van der Waals surface area contributed by atoms with Crippen molar-refractivity contribution in [2.75, 3.05) is 36.4 Å². The Morgan fingerprint density at radius 2 is 2.07 bits per heavy atom. The van der Waals surface area contributed by atoms with Gasteiger partial charge in [0.2, 0.25) is 0 Å². The minimum absolute atomic E-state index is 0.224. The first-order chi connectivity index (χ1) is 14.7. The summed E-state index contributed by atoms with van der Waals surface area (Å²) in [4.78, 5) is 42.9. The van der Waals surface area contributed by atoms with Crippen LogP contribution >= 0.6 is 11.3 Å². The lowest BCUT2D eigenvalue weighted by Gasteiger charge is -2.30. The van der Waals surface area contributed by atoms with E-state index in [4.69, 9.17) is 0 Å². The zero-order valence-electron chi connectivity index (χ0n) is 15.8. The minimum atomic E-state index is -0.359. The first-order valence-electron chi connectivity index (χ1n) is 9.43. The molecule has 3 N–H and O–H groups in total. The third-order valence-electron chi connectivity index (χ3n) is 4.86. The second-order valence-electron chi connectivity index (χ2n) is 6.74. The van der Waals surface area contributed by atoms with E-state index in [1.807, 2.05) is 6.07 Å². The van der Waals surface area contributed by atoms with Crippen molar-refractivity contribution in [2.45, 2.75) is 0 Å². The Morgan fingerprint density at radius 1 is 1.20 bits per heavy atom. The maximum Gasteiger partial charge on any atom is 0.334 e.